The lowest BCUT2D eigenvalue weighted by Gasteiger charge is -2.12. The summed E-state index contributed by atoms with van der Waals surface area (Å²) in [6, 6.07) is 8.36. The Balaban J connectivity index is 1.90. The number of hydrogen-bond donors (Lipinski definition) is 0. The summed E-state index contributed by atoms with van der Waals surface area (Å²) in [6.45, 7) is 1.59. The SMILES string of the molecule is Cc1ccc(OCCn2c(C(F)(F)F)nc3cc(F)c(F)cc32)cc1. The second-order valence-corrected chi connectivity index (χ2v) is 5.50. The zero-order chi connectivity index (χ0) is 18.2. The number of fused-ring (bicyclic) bond motifs is 1. The quantitative estimate of drug-likeness (QED) is 0.633. The number of alkyl halides is 3. The van der Waals surface area contributed by atoms with Crippen LogP contribution in [0.2, 0.25) is 0 Å². The minimum atomic E-state index is -4.75. The van der Waals surface area contributed by atoms with Crippen LogP contribution in [0.4, 0.5) is 22.0 Å². The van der Waals surface area contributed by atoms with Crippen molar-refractivity contribution in [3.8, 4) is 5.75 Å². The molecule has 0 aliphatic heterocycles. The molecule has 3 rings (SSSR count). The Bertz CT molecular complexity index is 900. The molecule has 0 spiro atoms. The molecule has 0 fully saturated rings. The molecule has 8 heteroatoms. The van der Waals surface area contributed by atoms with Crippen LogP contribution in [-0.4, -0.2) is 16.2 Å². The lowest BCUT2D eigenvalue weighted by molar-refractivity contribution is -0.147. The molecule has 3 aromatic rings. The van der Waals surface area contributed by atoms with Crippen LogP contribution in [0.3, 0.4) is 0 Å². The summed E-state index contributed by atoms with van der Waals surface area (Å²) in [5.41, 5.74) is 0.616. The highest BCUT2D eigenvalue weighted by Gasteiger charge is 2.37. The van der Waals surface area contributed by atoms with Crippen LogP contribution in [0, 0.1) is 18.6 Å². The lowest BCUT2D eigenvalue weighted by atomic mass is 10.2. The molecule has 0 aliphatic carbocycles. The van der Waals surface area contributed by atoms with Gasteiger partial charge in [-0.2, -0.15) is 13.2 Å². The van der Waals surface area contributed by atoms with Gasteiger partial charge in [0.2, 0.25) is 5.82 Å². The van der Waals surface area contributed by atoms with Crippen molar-refractivity contribution in [1.82, 2.24) is 9.55 Å². The number of halogens is 5. The average Bonchev–Trinajstić information content (AvgIpc) is 2.88. The number of hydrogen-bond acceptors (Lipinski definition) is 2. The molecular weight excluding hydrogens is 343 g/mol. The Morgan fingerprint density at radius 3 is 2.32 bits per heavy atom. The Morgan fingerprint density at radius 2 is 1.68 bits per heavy atom. The molecule has 0 aliphatic rings. The summed E-state index contributed by atoms with van der Waals surface area (Å²) in [4.78, 5) is 3.40. The van der Waals surface area contributed by atoms with Crippen molar-refractivity contribution >= 4 is 11.0 Å². The summed E-state index contributed by atoms with van der Waals surface area (Å²) in [5, 5.41) is 0. The molecule has 0 N–H and O–H groups in total. The zero-order valence-corrected chi connectivity index (χ0v) is 13.1. The largest absolute Gasteiger partial charge is 0.492 e. The topological polar surface area (TPSA) is 27.1 Å². The van der Waals surface area contributed by atoms with Gasteiger partial charge in [-0.1, -0.05) is 17.7 Å². The summed E-state index contributed by atoms with van der Waals surface area (Å²) in [7, 11) is 0. The molecule has 0 saturated carbocycles. The highest BCUT2D eigenvalue weighted by molar-refractivity contribution is 5.76. The molecule has 1 heterocycles. The van der Waals surface area contributed by atoms with Gasteiger partial charge < -0.3 is 9.30 Å². The number of imidazole rings is 1. The van der Waals surface area contributed by atoms with E-state index in [1.165, 1.54) is 0 Å². The molecule has 1 aromatic heterocycles. The molecule has 0 unspecified atom stereocenters. The summed E-state index contributed by atoms with van der Waals surface area (Å²) >= 11 is 0. The van der Waals surface area contributed by atoms with Gasteiger partial charge in [-0.15, -0.1) is 0 Å². The minimum absolute atomic E-state index is 0.0867. The summed E-state index contributed by atoms with van der Waals surface area (Å²) < 4.78 is 72.4. The van der Waals surface area contributed by atoms with E-state index < -0.39 is 23.6 Å². The van der Waals surface area contributed by atoms with Gasteiger partial charge in [0, 0.05) is 12.1 Å². The third-order valence-electron chi connectivity index (χ3n) is 3.65. The van der Waals surface area contributed by atoms with Gasteiger partial charge in [0.05, 0.1) is 17.6 Å². The molecular formula is C17H13F5N2O. The molecule has 25 heavy (non-hydrogen) atoms. The van der Waals surface area contributed by atoms with E-state index in [2.05, 4.69) is 4.98 Å². The molecule has 3 nitrogen and oxygen atoms in total. The Morgan fingerprint density at radius 1 is 1.04 bits per heavy atom. The maximum atomic E-state index is 13.4. The maximum absolute atomic E-state index is 13.4. The van der Waals surface area contributed by atoms with Crippen LogP contribution in [0.1, 0.15) is 11.4 Å². The molecule has 0 radical (unpaired) electrons. The van der Waals surface area contributed by atoms with Gasteiger partial charge in [-0.05, 0) is 19.1 Å². The number of rotatable bonds is 4. The standard InChI is InChI=1S/C17H13F5N2O/c1-10-2-4-11(5-3-10)25-7-6-24-15-9-13(19)12(18)8-14(15)23-16(24)17(20,21)22/h2-5,8-9H,6-7H2,1H3. The fourth-order valence-corrected chi connectivity index (χ4v) is 2.45. The van der Waals surface area contributed by atoms with E-state index in [0.29, 0.717) is 17.9 Å². The summed E-state index contributed by atoms with van der Waals surface area (Å²) in [6.07, 6.45) is -4.75. The normalized spacial score (nSPS) is 11.9. The molecule has 2 aromatic carbocycles. The predicted octanol–water partition coefficient (Wildman–Crippen LogP) is 4.72. The van der Waals surface area contributed by atoms with Crippen LogP contribution in [0.5, 0.6) is 5.75 Å². The van der Waals surface area contributed by atoms with Gasteiger partial charge in [0.15, 0.2) is 11.6 Å². The Hall–Kier alpha value is -2.64. The maximum Gasteiger partial charge on any atom is 0.449 e. The Kier molecular flexibility index (Phi) is 4.36. The van der Waals surface area contributed by atoms with Gasteiger partial charge in [-0.3, -0.25) is 0 Å². The molecule has 0 atom stereocenters. The fourth-order valence-electron chi connectivity index (χ4n) is 2.45. The van der Waals surface area contributed by atoms with Gasteiger partial charge >= 0.3 is 6.18 Å². The van der Waals surface area contributed by atoms with E-state index in [4.69, 9.17) is 4.74 Å². The predicted molar refractivity (Wildman–Crippen MR) is 81.3 cm³/mol. The van der Waals surface area contributed by atoms with E-state index in [9.17, 15) is 22.0 Å². The second kappa shape index (κ2) is 6.34. The number of ether oxygens (including phenoxy) is 1. The van der Waals surface area contributed by atoms with Crippen molar-refractivity contribution < 1.29 is 26.7 Å². The van der Waals surface area contributed by atoms with Crippen LogP contribution < -0.4 is 4.74 Å². The number of aromatic nitrogens is 2. The van der Waals surface area contributed by atoms with Gasteiger partial charge in [-0.25, -0.2) is 13.8 Å². The Labute approximate surface area is 139 Å². The van der Waals surface area contributed by atoms with Crippen LogP contribution in [-0.2, 0) is 12.7 Å². The van der Waals surface area contributed by atoms with E-state index in [1.54, 1.807) is 24.3 Å². The van der Waals surface area contributed by atoms with E-state index in [1.807, 2.05) is 6.92 Å². The van der Waals surface area contributed by atoms with Crippen LogP contribution >= 0.6 is 0 Å². The van der Waals surface area contributed by atoms with Crippen LogP contribution in [0.25, 0.3) is 11.0 Å². The second-order valence-electron chi connectivity index (χ2n) is 5.50. The number of nitrogens with zero attached hydrogens (tertiary/aromatic N) is 2. The van der Waals surface area contributed by atoms with Crippen molar-refractivity contribution in [3.63, 3.8) is 0 Å². The highest BCUT2D eigenvalue weighted by atomic mass is 19.4. The third kappa shape index (κ3) is 3.57. The van der Waals surface area contributed by atoms with E-state index in [0.717, 1.165) is 10.1 Å². The van der Waals surface area contributed by atoms with Crippen molar-refractivity contribution in [3.05, 3.63) is 59.4 Å². The lowest BCUT2D eigenvalue weighted by Crippen LogP contribution is -2.18. The first kappa shape index (κ1) is 17.2. The van der Waals surface area contributed by atoms with Gasteiger partial charge in [0.1, 0.15) is 12.4 Å². The summed E-state index contributed by atoms with van der Waals surface area (Å²) in [5.74, 6) is -3.20. The smallest absolute Gasteiger partial charge is 0.449 e. The fraction of sp³-hybridized carbons (Fsp3) is 0.235. The zero-order valence-electron chi connectivity index (χ0n) is 13.1. The van der Waals surface area contributed by atoms with Crippen molar-refractivity contribution in [1.29, 1.82) is 0 Å². The number of aryl methyl sites for hydroxylation is 1. The van der Waals surface area contributed by atoms with Crippen molar-refractivity contribution in [2.75, 3.05) is 6.61 Å². The monoisotopic (exact) mass is 356 g/mol. The first-order valence-electron chi connectivity index (χ1n) is 7.37. The minimum Gasteiger partial charge on any atom is -0.492 e. The molecule has 0 saturated heterocycles. The first-order chi connectivity index (χ1) is 11.8. The van der Waals surface area contributed by atoms with Crippen molar-refractivity contribution in [2.45, 2.75) is 19.6 Å². The molecule has 0 bridgehead atoms. The highest BCUT2D eigenvalue weighted by Crippen LogP contribution is 2.32. The van der Waals surface area contributed by atoms with Crippen LogP contribution in [0.15, 0.2) is 36.4 Å². The third-order valence-corrected chi connectivity index (χ3v) is 3.65. The van der Waals surface area contributed by atoms with E-state index in [-0.39, 0.29) is 24.2 Å². The van der Waals surface area contributed by atoms with Gasteiger partial charge in [0.25, 0.3) is 0 Å². The molecule has 0 amide bonds. The first-order valence-corrected chi connectivity index (χ1v) is 7.37. The van der Waals surface area contributed by atoms with E-state index >= 15 is 0 Å². The number of benzene rings is 2. The van der Waals surface area contributed by atoms with Crippen molar-refractivity contribution in [2.24, 2.45) is 0 Å². The average molecular weight is 356 g/mol. The molecule has 132 valence electrons.